The second kappa shape index (κ2) is 9.95. The fourth-order valence-electron chi connectivity index (χ4n) is 5.74. The monoisotopic (exact) mass is 458 g/mol. The van der Waals surface area contributed by atoms with Crippen molar-refractivity contribution in [2.75, 3.05) is 46.3 Å². The van der Waals surface area contributed by atoms with Gasteiger partial charge in [0.1, 0.15) is 6.04 Å². The zero-order valence-electron chi connectivity index (χ0n) is 20.2. The average Bonchev–Trinajstić information content (AvgIpc) is 3.07. The summed E-state index contributed by atoms with van der Waals surface area (Å²) in [6, 6.07) is -0.736. The average molecular weight is 459 g/mol. The van der Waals surface area contributed by atoms with Gasteiger partial charge >= 0.3 is 0 Å². The predicted molar refractivity (Wildman–Crippen MR) is 124 cm³/mol. The van der Waals surface area contributed by atoms with E-state index in [1.54, 1.807) is 4.90 Å². The maximum absolute atomic E-state index is 13.6. The van der Waals surface area contributed by atoms with Gasteiger partial charge in [-0.2, -0.15) is 0 Å². The molecule has 0 aromatic heterocycles. The van der Waals surface area contributed by atoms with Crippen molar-refractivity contribution in [2.24, 2.45) is 23.7 Å². The molecule has 0 saturated carbocycles. The Morgan fingerprint density at radius 3 is 1.94 bits per heavy atom. The second-order valence-corrected chi connectivity index (χ2v) is 10.6. The van der Waals surface area contributed by atoms with Gasteiger partial charge in [-0.25, -0.2) is 0 Å². The summed E-state index contributed by atoms with van der Waals surface area (Å²) in [5.74, 6) is -0.824. The minimum Gasteiger partial charge on any atom is -0.341 e. The van der Waals surface area contributed by atoms with E-state index in [0.717, 1.165) is 26.2 Å². The van der Waals surface area contributed by atoms with Gasteiger partial charge in [-0.1, -0.05) is 26.0 Å². The summed E-state index contributed by atoms with van der Waals surface area (Å²) in [6.07, 6.45) is 6.85. The molecule has 33 heavy (non-hydrogen) atoms. The van der Waals surface area contributed by atoms with Crippen molar-refractivity contribution in [3.63, 3.8) is 0 Å². The zero-order valence-corrected chi connectivity index (χ0v) is 20.2. The number of likely N-dealkylation sites (tertiary alicyclic amines) is 2. The fourth-order valence-corrected chi connectivity index (χ4v) is 5.74. The van der Waals surface area contributed by atoms with Gasteiger partial charge in [0, 0.05) is 45.2 Å². The zero-order chi connectivity index (χ0) is 23.7. The van der Waals surface area contributed by atoms with Crippen molar-refractivity contribution in [1.29, 1.82) is 0 Å². The van der Waals surface area contributed by atoms with Crippen molar-refractivity contribution >= 4 is 23.6 Å². The number of imide groups is 1. The summed E-state index contributed by atoms with van der Waals surface area (Å²) in [4.78, 5) is 60.1. The summed E-state index contributed by atoms with van der Waals surface area (Å²) in [5, 5.41) is 0. The van der Waals surface area contributed by atoms with Crippen LogP contribution in [0.15, 0.2) is 12.2 Å². The number of hydrogen-bond donors (Lipinski definition) is 0. The summed E-state index contributed by atoms with van der Waals surface area (Å²) in [5.41, 5.74) is 0. The molecule has 0 radical (unpaired) electrons. The van der Waals surface area contributed by atoms with Crippen LogP contribution in [0.3, 0.4) is 0 Å². The van der Waals surface area contributed by atoms with Gasteiger partial charge in [-0.15, -0.1) is 0 Å². The maximum atomic E-state index is 13.6. The standard InChI is InChI=1S/C25H38N4O4/c1-17(2)16-21(29-23(31)19-6-4-5-7-20(19)24(29)32)25(33)27-10-8-18(9-11-27)22(30)28-14-12-26(3)13-15-28/h4-5,17-21H,6-16H2,1-3H3. The molecule has 182 valence electrons. The molecule has 4 rings (SSSR count). The van der Waals surface area contributed by atoms with Crippen LogP contribution in [0.1, 0.15) is 46.0 Å². The third-order valence-electron chi connectivity index (χ3n) is 7.80. The Morgan fingerprint density at radius 2 is 1.42 bits per heavy atom. The number of nitrogens with zero attached hydrogens (tertiary/aromatic N) is 4. The number of amides is 4. The summed E-state index contributed by atoms with van der Waals surface area (Å²) >= 11 is 0. The van der Waals surface area contributed by atoms with Crippen LogP contribution in [0.5, 0.6) is 0 Å². The van der Waals surface area contributed by atoms with Gasteiger partial charge < -0.3 is 14.7 Å². The molecule has 1 aliphatic carbocycles. The van der Waals surface area contributed by atoms with Crippen molar-refractivity contribution in [1.82, 2.24) is 19.6 Å². The first kappa shape index (κ1) is 23.9. The van der Waals surface area contributed by atoms with E-state index in [0.29, 0.717) is 45.2 Å². The van der Waals surface area contributed by atoms with E-state index in [4.69, 9.17) is 0 Å². The highest BCUT2D eigenvalue weighted by molar-refractivity contribution is 6.08. The lowest BCUT2D eigenvalue weighted by Crippen LogP contribution is -2.55. The van der Waals surface area contributed by atoms with Crippen molar-refractivity contribution in [2.45, 2.75) is 52.0 Å². The minimum atomic E-state index is -0.736. The Hall–Kier alpha value is -2.22. The van der Waals surface area contributed by atoms with Crippen LogP contribution in [-0.4, -0.2) is 95.6 Å². The molecule has 8 heteroatoms. The molecular formula is C25H38N4O4. The topological polar surface area (TPSA) is 81.2 Å². The van der Waals surface area contributed by atoms with Crippen LogP contribution in [0.4, 0.5) is 0 Å². The molecule has 4 aliphatic rings. The van der Waals surface area contributed by atoms with E-state index in [2.05, 4.69) is 11.9 Å². The molecule has 3 fully saturated rings. The molecule has 0 spiro atoms. The molecule has 8 nitrogen and oxygen atoms in total. The molecule has 3 unspecified atom stereocenters. The number of rotatable bonds is 5. The summed E-state index contributed by atoms with van der Waals surface area (Å²) < 4.78 is 0. The molecule has 0 N–H and O–H groups in total. The first-order valence-electron chi connectivity index (χ1n) is 12.6. The van der Waals surface area contributed by atoms with E-state index in [-0.39, 0.29) is 47.3 Å². The molecule has 3 atom stereocenters. The molecular weight excluding hydrogens is 420 g/mol. The third kappa shape index (κ3) is 4.86. The minimum absolute atomic E-state index is 0.0509. The van der Waals surface area contributed by atoms with Crippen LogP contribution >= 0.6 is 0 Å². The molecule has 3 aliphatic heterocycles. The SMILES string of the molecule is CC(C)CC(C(=O)N1CCC(C(=O)N2CCN(C)CC2)CC1)N1C(=O)C2CC=CCC2C1=O. The van der Waals surface area contributed by atoms with Crippen molar-refractivity contribution in [3.8, 4) is 0 Å². The normalized spacial score (nSPS) is 27.9. The Bertz CT molecular complexity index is 783. The molecule has 0 aromatic carbocycles. The van der Waals surface area contributed by atoms with Gasteiger partial charge in [-0.05, 0) is 45.1 Å². The number of likely N-dealkylation sites (N-methyl/N-ethyl adjacent to an activating group) is 1. The highest BCUT2D eigenvalue weighted by Gasteiger charge is 2.52. The smallest absolute Gasteiger partial charge is 0.245 e. The molecule has 0 bridgehead atoms. The number of allylic oxidation sites excluding steroid dienone is 2. The predicted octanol–water partition coefficient (Wildman–Crippen LogP) is 1.36. The number of hydrogen-bond acceptors (Lipinski definition) is 5. The number of carbonyl (C=O) groups excluding carboxylic acids is 4. The molecule has 3 saturated heterocycles. The Labute approximate surface area is 196 Å². The van der Waals surface area contributed by atoms with Gasteiger partial charge in [0.05, 0.1) is 11.8 Å². The molecule has 3 heterocycles. The lowest BCUT2D eigenvalue weighted by Gasteiger charge is -2.39. The highest BCUT2D eigenvalue weighted by atomic mass is 16.2. The van der Waals surface area contributed by atoms with Crippen LogP contribution in [0.25, 0.3) is 0 Å². The number of piperazine rings is 1. The van der Waals surface area contributed by atoms with E-state index in [1.165, 1.54) is 4.90 Å². The van der Waals surface area contributed by atoms with Gasteiger partial charge in [0.15, 0.2) is 0 Å². The van der Waals surface area contributed by atoms with E-state index < -0.39 is 6.04 Å². The Kier molecular flexibility index (Phi) is 7.22. The van der Waals surface area contributed by atoms with Crippen molar-refractivity contribution < 1.29 is 19.2 Å². The van der Waals surface area contributed by atoms with Crippen LogP contribution in [-0.2, 0) is 19.2 Å². The first-order valence-corrected chi connectivity index (χ1v) is 12.6. The molecule has 4 amide bonds. The van der Waals surface area contributed by atoms with E-state index in [9.17, 15) is 19.2 Å². The Morgan fingerprint density at radius 1 is 0.879 bits per heavy atom. The number of fused-ring (bicyclic) bond motifs is 1. The number of carbonyl (C=O) groups is 4. The summed E-state index contributed by atoms with van der Waals surface area (Å²) in [7, 11) is 2.07. The second-order valence-electron chi connectivity index (χ2n) is 10.6. The Balaban J connectivity index is 1.40. The lowest BCUT2D eigenvalue weighted by atomic mass is 9.85. The van der Waals surface area contributed by atoms with Gasteiger partial charge in [-0.3, -0.25) is 24.1 Å². The van der Waals surface area contributed by atoms with E-state index in [1.807, 2.05) is 30.9 Å². The van der Waals surface area contributed by atoms with E-state index >= 15 is 0 Å². The van der Waals surface area contributed by atoms with Crippen LogP contribution < -0.4 is 0 Å². The third-order valence-corrected chi connectivity index (χ3v) is 7.80. The number of piperidine rings is 1. The van der Waals surface area contributed by atoms with Crippen LogP contribution in [0.2, 0.25) is 0 Å². The quantitative estimate of drug-likeness (QED) is 0.459. The van der Waals surface area contributed by atoms with Crippen LogP contribution in [0, 0.1) is 23.7 Å². The highest BCUT2D eigenvalue weighted by Crippen LogP contribution is 2.37. The largest absolute Gasteiger partial charge is 0.341 e. The lowest BCUT2D eigenvalue weighted by molar-refractivity contribution is -0.153. The first-order chi connectivity index (χ1) is 15.8. The fraction of sp³-hybridized carbons (Fsp3) is 0.760. The van der Waals surface area contributed by atoms with Gasteiger partial charge in [0.2, 0.25) is 23.6 Å². The summed E-state index contributed by atoms with van der Waals surface area (Å²) in [6.45, 7) is 8.36. The maximum Gasteiger partial charge on any atom is 0.245 e. The van der Waals surface area contributed by atoms with Gasteiger partial charge in [0.25, 0.3) is 0 Å². The molecule has 0 aromatic rings. The van der Waals surface area contributed by atoms with Crippen molar-refractivity contribution in [3.05, 3.63) is 12.2 Å².